The molecule has 0 saturated heterocycles. The predicted molar refractivity (Wildman–Crippen MR) is 75.3 cm³/mol. The summed E-state index contributed by atoms with van der Waals surface area (Å²) in [6.07, 6.45) is 5.75. The number of nitrogens with zero attached hydrogens (tertiary/aromatic N) is 2. The van der Waals surface area contributed by atoms with Crippen LogP contribution in [0.3, 0.4) is 0 Å². The third-order valence-electron chi connectivity index (χ3n) is 2.94. The second-order valence-corrected chi connectivity index (χ2v) is 4.15. The van der Waals surface area contributed by atoms with E-state index in [1.807, 2.05) is 35.0 Å². The first kappa shape index (κ1) is 12.9. The van der Waals surface area contributed by atoms with Gasteiger partial charge in [0.05, 0.1) is 12.5 Å². The second kappa shape index (κ2) is 5.87. The Labute approximate surface area is 112 Å². The number of benzene rings is 1. The molecule has 1 aromatic carbocycles. The molecule has 0 aliphatic rings. The van der Waals surface area contributed by atoms with Gasteiger partial charge in [-0.2, -0.15) is 5.26 Å². The lowest BCUT2D eigenvalue weighted by Crippen LogP contribution is -2.13. The highest BCUT2D eigenvalue weighted by atomic mass is 16.1. The molecule has 1 heterocycles. The largest absolute Gasteiger partial charge is 0.356 e. The van der Waals surface area contributed by atoms with E-state index in [4.69, 9.17) is 5.26 Å². The maximum absolute atomic E-state index is 11.3. The molecule has 0 fully saturated rings. The lowest BCUT2D eigenvalue weighted by atomic mass is 10.1. The van der Waals surface area contributed by atoms with Crippen molar-refractivity contribution in [3.05, 3.63) is 42.1 Å². The summed E-state index contributed by atoms with van der Waals surface area (Å²) < 4.78 is 2.04. The van der Waals surface area contributed by atoms with Crippen molar-refractivity contribution in [1.29, 1.82) is 5.26 Å². The molecule has 96 valence electrons. The average Bonchev–Trinajstić information content (AvgIpc) is 2.81. The fraction of sp³-hybridized carbons (Fsp3) is 0.200. The number of para-hydroxylation sites is 1. The molecule has 2 aromatic rings. The number of carbonyl (C=O) groups excluding carboxylic acids is 1. The third kappa shape index (κ3) is 2.83. The first-order chi connectivity index (χ1) is 9.26. The minimum atomic E-state index is -0.131. The van der Waals surface area contributed by atoms with Crippen molar-refractivity contribution in [2.75, 3.05) is 7.05 Å². The van der Waals surface area contributed by atoms with Gasteiger partial charge < -0.3 is 9.88 Å². The molecule has 19 heavy (non-hydrogen) atoms. The van der Waals surface area contributed by atoms with Gasteiger partial charge in [0, 0.05) is 42.3 Å². The van der Waals surface area contributed by atoms with Gasteiger partial charge in [0.25, 0.3) is 0 Å². The van der Waals surface area contributed by atoms with Gasteiger partial charge in [-0.1, -0.05) is 18.2 Å². The Morgan fingerprint density at radius 3 is 3.00 bits per heavy atom. The van der Waals surface area contributed by atoms with Gasteiger partial charge in [-0.3, -0.25) is 4.79 Å². The van der Waals surface area contributed by atoms with Crippen LogP contribution >= 0.6 is 0 Å². The predicted octanol–water partition coefficient (Wildman–Crippen LogP) is 2.31. The Balaban J connectivity index is 2.41. The van der Waals surface area contributed by atoms with E-state index < -0.39 is 0 Å². The number of nitrogens with one attached hydrogen (secondary N) is 1. The van der Waals surface area contributed by atoms with E-state index in [9.17, 15) is 4.79 Å². The molecule has 0 unspecified atom stereocenters. The summed E-state index contributed by atoms with van der Waals surface area (Å²) in [6.45, 7) is 0.658. The van der Waals surface area contributed by atoms with Crippen molar-refractivity contribution in [1.82, 2.24) is 9.88 Å². The van der Waals surface area contributed by atoms with Gasteiger partial charge in [0.15, 0.2) is 0 Å². The van der Waals surface area contributed by atoms with Crippen molar-refractivity contribution in [2.24, 2.45) is 0 Å². The quantitative estimate of drug-likeness (QED) is 0.850. The maximum Gasteiger partial charge on any atom is 0.243 e. The molecule has 0 atom stereocenters. The monoisotopic (exact) mass is 253 g/mol. The molecule has 0 bridgehead atoms. The molecule has 1 aromatic heterocycles. The van der Waals surface area contributed by atoms with Crippen molar-refractivity contribution < 1.29 is 4.79 Å². The fourth-order valence-corrected chi connectivity index (χ4v) is 2.01. The Bertz CT molecular complexity index is 662. The molecule has 4 nitrogen and oxygen atoms in total. The normalized spacial score (nSPS) is 10.7. The first-order valence-electron chi connectivity index (χ1n) is 6.11. The molecular weight excluding hydrogens is 238 g/mol. The van der Waals surface area contributed by atoms with Crippen LogP contribution in [-0.4, -0.2) is 17.5 Å². The van der Waals surface area contributed by atoms with Gasteiger partial charge in [-0.15, -0.1) is 0 Å². The second-order valence-electron chi connectivity index (χ2n) is 4.15. The number of fused-ring (bicyclic) bond motifs is 1. The van der Waals surface area contributed by atoms with Crippen molar-refractivity contribution in [3.8, 4) is 6.07 Å². The van der Waals surface area contributed by atoms with Crippen LogP contribution in [0, 0.1) is 11.3 Å². The zero-order valence-corrected chi connectivity index (χ0v) is 10.8. The summed E-state index contributed by atoms with van der Waals surface area (Å²) in [5.41, 5.74) is 2.06. The van der Waals surface area contributed by atoms with Gasteiger partial charge in [-0.05, 0) is 12.1 Å². The lowest BCUT2D eigenvalue weighted by molar-refractivity contribution is -0.115. The smallest absolute Gasteiger partial charge is 0.243 e. The van der Waals surface area contributed by atoms with Crippen LogP contribution in [0.4, 0.5) is 0 Å². The summed E-state index contributed by atoms with van der Waals surface area (Å²) in [7, 11) is 1.60. The van der Waals surface area contributed by atoms with Crippen LogP contribution in [0.5, 0.6) is 0 Å². The van der Waals surface area contributed by atoms with Crippen molar-refractivity contribution in [3.63, 3.8) is 0 Å². The molecule has 0 saturated carbocycles. The number of amides is 1. The number of likely N-dealkylation sites (N-methyl/N-ethyl adjacent to an activating group) is 1. The van der Waals surface area contributed by atoms with Crippen molar-refractivity contribution >= 4 is 22.9 Å². The number of nitriles is 1. The Hall–Kier alpha value is -2.54. The highest BCUT2D eigenvalue weighted by Crippen LogP contribution is 2.22. The topological polar surface area (TPSA) is 57.8 Å². The van der Waals surface area contributed by atoms with Gasteiger partial charge in [-0.25, -0.2) is 0 Å². The third-order valence-corrected chi connectivity index (χ3v) is 2.94. The molecule has 0 radical (unpaired) electrons. The van der Waals surface area contributed by atoms with E-state index in [1.54, 1.807) is 13.1 Å². The van der Waals surface area contributed by atoms with E-state index in [0.717, 1.165) is 16.5 Å². The number of carbonyl (C=O) groups is 1. The molecule has 1 amide bonds. The summed E-state index contributed by atoms with van der Waals surface area (Å²) in [5.74, 6) is -0.131. The van der Waals surface area contributed by atoms with Crippen molar-refractivity contribution in [2.45, 2.75) is 13.0 Å². The van der Waals surface area contributed by atoms with Crippen LogP contribution in [0.2, 0.25) is 0 Å². The van der Waals surface area contributed by atoms with E-state index >= 15 is 0 Å². The van der Waals surface area contributed by atoms with E-state index in [1.165, 1.54) is 6.08 Å². The fourth-order valence-electron chi connectivity index (χ4n) is 2.01. The molecular formula is C15H15N3O. The molecule has 2 rings (SSSR count). The molecule has 1 N–H and O–H groups in total. The van der Waals surface area contributed by atoms with Crippen LogP contribution in [0.1, 0.15) is 12.0 Å². The first-order valence-corrected chi connectivity index (χ1v) is 6.11. The number of hydrogen-bond donors (Lipinski definition) is 1. The highest BCUT2D eigenvalue weighted by molar-refractivity contribution is 5.96. The Morgan fingerprint density at radius 2 is 2.26 bits per heavy atom. The summed E-state index contributed by atoms with van der Waals surface area (Å²) in [6, 6.07) is 10.1. The number of rotatable bonds is 4. The summed E-state index contributed by atoms with van der Waals surface area (Å²) in [5, 5.41) is 12.3. The van der Waals surface area contributed by atoms with Crippen LogP contribution in [0.25, 0.3) is 17.0 Å². The highest BCUT2D eigenvalue weighted by Gasteiger charge is 2.05. The van der Waals surface area contributed by atoms with Crippen LogP contribution < -0.4 is 5.32 Å². The molecule has 4 heteroatoms. The molecule has 0 aliphatic carbocycles. The molecule has 0 aliphatic heterocycles. The van der Waals surface area contributed by atoms with Gasteiger partial charge >= 0.3 is 0 Å². The summed E-state index contributed by atoms with van der Waals surface area (Å²) in [4.78, 5) is 11.3. The minimum absolute atomic E-state index is 0.131. The SMILES string of the molecule is CNC(=O)/C=C/c1cn(CCC#N)c2ccccc12. The minimum Gasteiger partial charge on any atom is -0.356 e. The Kier molecular flexibility index (Phi) is 3.99. The van der Waals surface area contributed by atoms with Crippen LogP contribution in [-0.2, 0) is 11.3 Å². The summed E-state index contributed by atoms with van der Waals surface area (Å²) >= 11 is 0. The standard InChI is InChI=1S/C15H15N3O/c1-17-15(19)8-7-12-11-18(10-4-9-16)14-6-3-2-5-13(12)14/h2-3,5-8,11H,4,10H2,1H3,(H,17,19)/b8-7+. The van der Waals surface area contributed by atoms with Gasteiger partial charge in [0.2, 0.25) is 5.91 Å². The van der Waals surface area contributed by atoms with E-state index in [-0.39, 0.29) is 5.91 Å². The van der Waals surface area contributed by atoms with Crippen LogP contribution in [0.15, 0.2) is 36.5 Å². The maximum atomic E-state index is 11.3. The van der Waals surface area contributed by atoms with Gasteiger partial charge in [0.1, 0.15) is 0 Å². The molecule has 0 spiro atoms. The van der Waals surface area contributed by atoms with E-state index in [0.29, 0.717) is 13.0 Å². The average molecular weight is 253 g/mol. The Morgan fingerprint density at radius 1 is 1.47 bits per heavy atom. The number of aryl methyl sites for hydroxylation is 1. The number of aromatic nitrogens is 1. The lowest BCUT2D eigenvalue weighted by Gasteiger charge is -2.00. The number of hydrogen-bond acceptors (Lipinski definition) is 2. The van der Waals surface area contributed by atoms with E-state index in [2.05, 4.69) is 11.4 Å². The zero-order chi connectivity index (χ0) is 13.7. The zero-order valence-electron chi connectivity index (χ0n) is 10.8.